The van der Waals surface area contributed by atoms with Crippen LogP contribution in [0.3, 0.4) is 0 Å². The van der Waals surface area contributed by atoms with E-state index in [4.69, 9.17) is 4.74 Å². The zero-order valence-electron chi connectivity index (χ0n) is 17.7. The van der Waals surface area contributed by atoms with Crippen LogP contribution in [0.15, 0.2) is 23.0 Å². The van der Waals surface area contributed by atoms with Gasteiger partial charge in [-0.25, -0.2) is 9.78 Å². The predicted octanol–water partition coefficient (Wildman–Crippen LogP) is 2.93. The smallest absolute Gasteiger partial charge is 0.410 e. The summed E-state index contributed by atoms with van der Waals surface area (Å²) >= 11 is 0. The van der Waals surface area contributed by atoms with Gasteiger partial charge >= 0.3 is 6.09 Å². The third-order valence-corrected chi connectivity index (χ3v) is 5.60. The molecule has 8 heteroatoms. The molecule has 1 N–H and O–H groups in total. The maximum absolute atomic E-state index is 12.7. The number of anilines is 1. The highest BCUT2D eigenvalue weighted by atomic mass is 16.6. The number of nitrogens with one attached hydrogen (secondary N) is 1. The van der Waals surface area contributed by atoms with Gasteiger partial charge in [0.1, 0.15) is 11.4 Å². The van der Waals surface area contributed by atoms with Crippen molar-refractivity contribution in [1.82, 2.24) is 14.5 Å². The number of rotatable bonds is 2. The lowest BCUT2D eigenvalue weighted by Crippen LogP contribution is -2.43. The van der Waals surface area contributed by atoms with Crippen molar-refractivity contribution in [1.29, 1.82) is 0 Å². The van der Waals surface area contributed by atoms with E-state index in [2.05, 4.69) is 10.3 Å². The summed E-state index contributed by atoms with van der Waals surface area (Å²) in [6.45, 7) is 7.19. The summed E-state index contributed by atoms with van der Waals surface area (Å²) in [6, 6.07) is 5.29. The molecular weight excluding hydrogens is 384 g/mol. The van der Waals surface area contributed by atoms with Crippen molar-refractivity contribution in [2.75, 3.05) is 18.4 Å². The average Bonchev–Trinajstić information content (AvgIpc) is 3.16. The fraction of sp³-hybridized carbons (Fsp3) is 0.545. The summed E-state index contributed by atoms with van der Waals surface area (Å²) in [5.74, 6) is 0.562. The fourth-order valence-corrected chi connectivity index (χ4v) is 4.06. The van der Waals surface area contributed by atoms with Crippen molar-refractivity contribution >= 4 is 28.6 Å². The highest BCUT2D eigenvalue weighted by Gasteiger charge is 2.30. The lowest BCUT2D eigenvalue weighted by Gasteiger charge is -2.32. The van der Waals surface area contributed by atoms with E-state index in [1.807, 2.05) is 20.8 Å². The fourth-order valence-electron chi connectivity index (χ4n) is 4.06. The summed E-state index contributed by atoms with van der Waals surface area (Å²) < 4.78 is 7.12. The Balaban J connectivity index is 1.41. The molecule has 1 aromatic heterocycles. The molecule has 30 heavy (non-hydrogen) atoms. The van der Waals surface area contributed by atoms with E-state index in [9.17, 15) is 14.4 Å². The number of hydrogen-bond donors (Lipinski definition) is 1. The van der Waals surface area contributed by atoms with Crippen LogP contribution in [0.2, 0.25) is 0 Å². The summed E-state index contributed by atoms with van der Waals surface area (Å²) in [4.78, 5) is 43.9. The van der Waals surface area contributed by atoms with Gasteiger partial charge < -0.3 is 15.0 Å². The van der Waals surface area contributed by atoms with Crippen LogP contribution in [-0.2, 0) is 22.5 Å². The summed E-state index contributed by atoms with van der Waals surface area (Å²) in [6.07, 6.45) is 2.58. The van der Waals surface area contributed by atoms with E-state index in [1.165, 1.54) is 0 Å². The van der Waals surface area contributed by atoms with Gasteiger partial charge in [-0.1, -0.05) is 0 Å². The molecule has 1 fully saturated rings. The first-order valence-electron chi connectivity index (χ1n) is 10.5. The molecule has 0 unspecified atom stereocenters. The molecular formula is C22H28N4O4. The van der Waals surface area contributed by atoms with Crippen molar-refractivity contribution in [3.8, 4) is 0 Å². The van der Waals surface area contributed by atoms with Crippen LogP contribution < -0.4 is 10.9 Å². The molecule has 1 aromatic carbocycles. The minimum absolute atomic E-state index is 0.0470. The lowest BCUT2D eigenvalue weighted by molar-refractivity contribution is -0.121. The standard InChI is InChI=1S/C22H28N4O4/c1-22(2,3)30-21(29)25-11-8-14(9-12-25)19(27)23-15-6-7-17-16(13-15)20(28)26-10-4-5-18(26)24-17/h6-7,13-14H,4-5,8-12H2,1-3H3,(H,23,27). The van der Waals surface area contributed by atoms with Gasteiger partial charge in [-0.05, 0) is 58.2 Å². The lowest BCUT2D eigenvalue weighted by atomic mass is 9.96. The predicted molar refractivity (Wildman–Crippen MR) is 113 cm³/mol. The Labute approximate surface area is 175 Å². The summed E-state index contributed by atoms with van der Waals surface area (Å²) in [7, 11) is 0. The van der Waals surface area contributed by atoms with E-state index in [0.717, 1.165) is 18.7 Å². The number of nitrogens with zero attached hydrogens (tertiary/aromatic N) is 3. The number of amides is 2. The zero-order chi connectivity index (χ0) is 21.5. The molecule has 2 amide bonds. The first kappa shape index (κ1) is 20.4. The van der Waals surface area contributed by atoms with E-state index >= 15 is 0 Å². The third-order valence-electron chi connectivity index (χ3n) is 5.60. The third kappa shape index (κ3) is 4.17. The largest absolute Gasteiger partial charge is 0.444 e. The molecule has 160 valence electrons. The highest BCUT2D eigenvalue weighted by molar-refractivity contribution is 5.95. The SMILES string of the molecule is CC(C)(C)OC(=O)N1CCC(C(=O)Nc2ccc3nc4n(c(=O)c3c2)CCC4)CC1. The Hall–Kier alpha value is -2.90. The minimum atomic E-state index is -0.533. The van der Waals surface area contributed by atoms with Crippen LogP contribution in [0, 0.1) is 5.92 Å². The highest BCUT2D eigenvalue weighted by Crippen LogP contribution is 2.23. The Morgan fingerprint density at radius 3 is 2.60 bits per heavy atom. The molecule has 0 aliphatic carbocycles. The molecule has 2 aromatic rings. The van der Waals surface area contributed by atoms with Crippen LogP contribution in [0.1, 0.15) is 45.9 Å². The second kappa shape index (κ2) is 7.74. The summed E-state index contributed by atoms with van der Waals surface area (Å²) in [5, 5.41) is 3.46. The maximum Gasteiger partial charge on any atom is 0.410 e. The van der Waals surface area contributed by atoms with Crippen LogP contribution >= 0.6 is 0 Å². The molecule has 0 radical (unpaired) electrons. The molecule has 0 atom stereocenters. The topological polar surface area (TPSA) is 93.5 Å². The van der Waals surface area contributed by atoms with E-state index in [-0.39, 0.29) is 23.5 Å². The van der Waals surface area contributed by atoms with Gasteiger partial charge in [0.15, 0.2) is 0 Å². The van der Waals surface area contributed by atoms with Crippen molar-refractivity contribution in [3.05, 3.63) is 34.4 Å². The molecule has 0 bridgehead atoms. The van der Waals surface area contributed by atoms with Gasteiger partial charge in [0.05, 0.1) is 10.9 Å². The van der Waals surface area contributed by atoms with Gasteiger partial charge in [-0.2, -0.15) is 0 Å². The van der Waals surface area contributed by atoms with Gasteiger partial charge in [0.2, 0.25) is 5.91 Å². The van der Waals surface area contributed by atoms with Crippen molar-refractivity contribution in [2.45, 2.75) is 58.6 Å². The number of aryl methyl sites for hydroxylation is 1. The molecule has 2 aliphatic heterocycles. The van der Waals surface area contributed by atoms with Gasteiger partial charge in [-0.15, -0.1) is 0 Å². The molecule has 4 rings (SSSR count). The number of aromatic nitrogens is 2. The Morgan fingerprint density at radius 1 is 1.17 bits per heavy atom. The van der Waals surface area contributed by atoms with Gasteiger partial charge in [0, 0.05) is 37.7 Å². The maximum atomic E-state index is 12.7. The number of hydrogen-bond acceptors (Lipinski definition) is 5. The quantitative estimate of drug-likeness (QED) is 0.819. The monoisotopic (exact) mass is 412 g/mol. The van der Waals surface area contributed by atoms with Crippen molar-refractivity contribution in [3.63, 3.8) is 0 Å². The molecule has 8 nitrogen and oxygen atoms in total. The normalized spacial score (nSPS) is 17.1. The van der Waals surface area contributed by atoms with Crippen LogP contribution in [0.5, 0.6) is 0 Å². The molecule has 3 heterocycles. The van der Waals surface area contributed by atoms with Crippen molar-refractivity contribution < 1.29 is 14.3 Å². The van der Waals surface area contributed by atoms with Crippen molar-refractivity contribution in [2.24, 2.45) is 5.92 Å². The zero-order valence-corrected chi connectivity index (χ0v) is 17.7. The number of carbonyl (C=O) groups is 2. The molecule has 1 saturated heterocycles. The number of ether oxygens (including phenoxy) is 1. The average molecular weight is 412 g/mol. The summed E-state index contributed by atoms with van der Waals surface area (Å²) in [5.41, 5.74) is 0.681. The first-order chi connectivity index (χ1) is 14.2. The van der Waals surface area contributed by atoms with E-state index < -0.39 is 5.60 Å². The second-order valence-electron chi connectivity index (χ2n) is 9.05. The number of fused-ring (bicyclic) bond motifs is 2. The number of carbonyl (C=O) groups excluding carboxylic acids is 2. The van der Waals surface area contributed by atoms with Crippen LogP contribution in [-0.4, -0.2) is 45.1 Å². The first-order valence-corrected chi connectivity index (χ1v) is 10.5. The van der Waals surface area contributed by atoms with Gasteiger partial charge in [0.25, 0.3) is 5.56 Å². The van der Waals surface area contributed by atoms with E-state index in [1.54, 1.807) is 27.7 Å². The Kier molecular flexibility index (Phi) is 5.26. The second-order valence-corrected chi connectivity index (χ2v) is 9.05. The molecule has 0 spiro atoms. The number of piperidine rings is 1. The Bertz CT molecular complexity index is 1050. The molecule has 2 aliphatic rings. The van der Waals surface area contributed by atoms with Crippen LogP contribution in [0.4, 0.5) is 10.5 Å². The number of benzene rings is 1. The van der Waals surface area contributed by atoms with E-state index in [0.29, 0.717) is 49.1 Å². The van der Waals surface area contributed by atoms with Crippen LogP contribution in [0.25, 0.3) is 10.9 Å². The van der Waals surface area contributed by atoms with Gasteiger partial charge in [-0.3, -0.25) is 14.2 Å². The Morgan fingerprint density at radius 2 is 1.90 bits per heavy atom. The minimum Gasteiger partial charge on any atom is -0.444 e. The number of likely N-dealkylation sites (tertiary alicyclic amines) is 1. The molecule has 0 saturated carbocycles.